The minimum atomic E-state index is -0.189. The molecule has 0 aliphatic heterocycles. The molecule has 0 bridgehead atoms. The normalized spacial score (nSPS) is 10.2. The van der Waals surface area contributed by atoms with Crippen LogP contribution in [0.4, 0.5) is 0 Å². The molecule has 0 aliphatic carbocycles. The van der Waals surface area contributed by atoms with Crippen LogP contribution in [-0.2, 0) is 6.54 Å². The van der Waals surface area contributed by atoms with Gasteiger partial charge in [-0.3, -0.25) is 4.79 Å². The number of rotatable bonds is 5. The Kier molecular flexibility index (Phi) is 4.12. The molecule has 100 valence electrons. The van der Waals surface area contributed by atoms with Gasteiger partial charge in [0.05, 0.1) is 13.2 Å². The zero-order valence-electron chi connectivity index (χ0n) is 10.8. The van der Waals surface area contributed by atoms with Gasteiger partial charge in [-0.25, -0.2) is 0 Å². The van der Waals surface area contributed by atoms with Gasteiger partial charge in [-0.1, -0.05) is 5.16 Å². The van der Waals surface area contributed by atoms with E-state index in [0.717, 1.165) is 5.75 Å². The lowest BCUT2D eigenvalue weighted by atomic mass is 10.2. The molecule has 1 aromatic carbocycles. The molecule has 19 heavy (non-hydrogen) atoms. The number of benzene rings is 1. The van der Waals surface area contributed by atoms with E-state index in [4.69, 9.17) is 9.26 Å². The zero-order chi connectivity index (χ0) is 13.7. The first-order valence-electron chi connectivity index (χ1n) is 5.99. The summed E-state index contributed by atoms with van der Waals surface area (Å²) in [5.41, 5.74) is 0.559. The van der Waals surface area contributed by atoms with Crippen LogP contribution < -0.4 is 10.1 Å². The Labute approximate surface area is 110 Å². The van der Waals surface area contributed by atoms with Gasteiger partial charge in [0.1, 0.15) is 5.75 Å². The summed E-state index contributed by atoms with van der Waals surface area (Å²) in [7, 11) is 0. The molecule has 2 rings (SSSR count). The Morgan fingerprint density at radius 3 is 2.68 bits per heavy atom. The maximum Gasteiger partial charge on any atom is 0.251 e. The molecule has 0 saturated heterocycles. The van der Waals surface area contributed by atoms with Crippen molar-refractivity contribution in [1.82, 2.24) is 15.5 Å². The molecule has 1 N–H and O–H groups in total. The Morgan fingerprint density at radius 1 is 1.37 bits per heavy atom. The zero-order valence-corrected chi connectivity index (χ0v) is 10.8. The fourth-order valence-corrected chi connectivity index (χ4v) is 1.54. The van der Waals surface area contributed by atoms with Crippen LogP contribution in [0.15, 0.2) is 28.8 Å². The van der Waals surface area contributed by atoms with Crippen LogP contribution >= 0.6 is 0 Å². The average Bonchev–Trinajstić information content (AvgIpc) is 2.83. The van der Waals surface area contributed by atoms with E-state index in [1.165, 1.54) is 0 Å². The van der Waals surface area contributed by atoms with Crippen molar-refractivity contribution >= 4 is 5.91 Å². The number of aryl methyl sites for hydroxylation is 1. The fraction of sp³-hybridized carbons (Fsp3) is 0.308. The average molecular weight is 261 g/mol. The molecule has 6 nitrogen and oxygen atoms in total. The number of hydrogen-bond donors (Lipinski definition) is 1. The van der Waals surface area contributed by atoms with E-state index in [0.29, 0.717) is 23.9 Å². The third-order valence-electron chi connectivity index (χ3n) is 2.40. The van der Waals surface area contributed by atoms with Crippen molar-refractivity contribution in [3.8, 4) is 5.75 Å². The lowest BCUT2D eigenvalue weighted by Gasteiger charge is -2.05. The van der Waals surface area contributed by atoms with Gasteiger partial charge >= 0.3 is 0 Å². The van der Waals surface area contributed by atoms with Gasteiger partial charge < -0.3 is 14.6 Å². The van der Waals surface area contributed by atoms with Gasteiger partial charge in [-0.15, -0.1) is 0 Å². The lowest BCUT2D eigenvalue weighted by molar-refractivity contribution is 0.0949. The number of ether oxygens (including phenoxy) is 1. The van der Waals surface area contributed by atoms with Crippen molar-refractivity contribution in [1.29, 1.82) is 0 Å². The van der Waals surface area contributed by atoms with Crippen molar-refractivity contribution in [2.45, 2.75) is 20.4 Å². The maximum absolute atomic E-state index is 11.9. The summed E-state index contributed by atoms with van der Waals surface area (Å²) in [4.78, 5) is 15.9. The molecule has 0 unspecified atom stereocenters. The molecule has 1 aromatic heterocycles. The van der Waals surface area contributed by atoms with Crippen molar-refractivity contribution in [2.75, 3.05) is 6.61 Å². The highest BCUT2D eigenvalue weighted by atomic mass is 16.5. The second-order valence-corrected chi connectivity index (χ2v) is 3.87. The molecule has 6 heteroatoms. The maximum atomic E-state index is 11.9. The minimum absolute atomic E-state index is 0.189. The molecule has 1 heterocycles. The molecule has 0 radical (unpaired) electrons. The first-order chi connectivity index (χ1) is 9.19. The number of nitrogens with one attached hydrogen (secondary N) is 1. The van der Waals surface area contributed by atoms with E-state index in [2.05, 4.69) is 15.5 Å². The molecule has 0 spiro atoms. The first-order valence-corrected chi connectivity index (χ1v) is 5.99. The van der Waals surface area contributed by atoms with E-state index in [9.17, 15) is 4.79 Å². The lowest BCUT2D eigenvalue weighted by Crippen LogP contribution is -2.23. The smallest absolute Gasteiger partial charge is 0.251 e. The predicted molar refractivity (Wildman–Crippen MR) is 67.8 cm³/mol. The van der Waals surface area contributed by atoms with Gasteiger partial charge in [0.25, 0.3) is 5.91 Å². The largest absolute Gasteiger partial charge is 0.494 e. The molecular formula is C13H15N3O3. The van der Waals surface area contributed by atoms with Gasteiger partial charge in [0.2, 0.25) is 5.89 Å². The molecule has 0 fully saturated rings. The van der Waals surface area contributed by atoms with Gasteiger partial charge in [-0.05, 0) is 31.2 Å². The van der Waals surface area contributed by atoms with Gasteiger partial charge in [-0.2, -0.15) is 4.98 Å². The predicted octanol–water partition coefficient (Wildman–Crippen LogP) is 1.71. The van der Waals surface area contributed by atoms with Crippen molar-refractivity contribution in [2.24, 2.45) is 0 Å². The quantitative estimate of drug-likeness (QED) is 0.886. The van der Waals surface area contributed by atoms with E-state index in [1.54, 1.807) is 31.2 Å². The van der Waals surface area contributed by atoms with Crippen molar-refractivity contribution in [3.63, 3.8) is 0 Å². The monoisotopic (exact) mass is 261 g/mol. The Bertz CT molecular complexity index is 549. The number of carbonyl (C=O) groups excluding carboxylic acids is 1. The number of hydrogen-bond acceptors (Lipinski definition) is 5. The highest BCUT2D eigenvalue weighted by Gasteiger charge is 2.08. The summed E-state index contributed by atoms with van der Waals surface area (Å²) >= 11 is 0. The first kappa shape index (κ1) is 13.1. The molecule has 0 aliphatic rings. The van der Waals surface area contributed by atoms with Crippen LogP contribution in [0, 0.1) is 6.92 Å². The van der Waals surface area contributed by atoms with Gasteiger partial charge in [0.15, 0.2) is 5.82 Å². The summed E-state index contributed by atoms with van der Waals surface area (Å²) in [6.07, 6.45) is 0. The van der Waals surface area contributed by atoms with Crippen LogP contribution in [0.5, 0.6) is 5.75 Å². The second-order valence-electron chi connectivity index (χ2n) is 3.87. The van der Waals surface area contributed by atoms with Crippen molar-refractivity contribution < 1.29 is 14.1 Å². The van der Waals surface area contributed by atoms with E-state index in [-0.39, 0.29) is 12.5 Å². The van der Waals surface area contributed by atoms with Gasteiger partial charge in [0, 0.05) is 12.5 Å². The number of nitrogens with zero attached hydrogens (tertiary/aromatic N) is 2. The Balaban J connectivity index is 1.92. The number of carbonyl (C=O) groups is 1. The highest BCUT2D eigenvalue weighted by molar-refractivity contribution is 5.94. The van der Waals surface area contributed by atoms with Crippen LogP contribution in [0.1, 0.15) is 29.0 Å². The second kappa shape index (κ2) is 5.99. The molecule has 0 saturated carbocycles. The molecule has 0 atom stereocenters. The summed E-state index contributed by atoms with van der Waals surface area (Å²) in [5.74, 6) is 1.49. The molecule has 2 aromatic rings. The summed E-state index contributed by atoms with van der Waals surface area (Å²) in [5, 5.41) is 6.41. The summed E-state index contributed by atoms with van der Waals surface area (Å²) in [6.45, 7) is 4.45. The van der Waals surface area contributed by atoms with Crippen LogP contribution in [-0.4, -0.2) is 22.7 Å². The van der Waals surface area contributed by atoms with Crippen LogP contribution in [0.2, 0.25) is 0 Å². The number of amides is 1. The van der Waals surface area contributed by atoms with Crippen LogP contribution in [0.3, 0.4) is 0 Å². The minimum Gasteiger partial charge on any atom is -0.494 e. The molecular weight excluding hydrogens is 246 g/mol. The fourth-order valence-electron chi connectivity index (χ4n) is 1.54. The number of aromatic nitrogens is 2. The standard InChI is InChI=1S/C13H15N3O3/c1-3-18-11-6-4-10(5-7-11)13(17)14-8-12-15-9(2)19-16-12/h4-7H,3,8H2,1-2H3,(H,14,17). The molecule has 1 amide bonds. The van der Waals surface area contributed by atoms with E-state index in [1.807, 2.05) is 6.92 Å². The SMILES string of the molecule is CCOc1ccc(C(=O)NCc2noc(C)n2)cc1. The Hall–Kier alpha value is -2.37. The van der Waals surface area contributed by atoms with Crippen LogP contribution in [0.25, 0.3) is 0 Å². The topological polar surface area (TPSA) is 77.2 Å². The Morgan fingerprint density at radius 2 is 2.11 bits per heavy atom. The third-order valence-corrected chi connectivity index (χ3v) is 2.40. The van der Waals surface area contributed by atoms with E-state index >= 15 is 0 Å². The highest BCUT2D eigenvalue weighted by Crippen LogP contribution is 2.12. The summed E-state index contributed by atoms with van der Waals surface area (Å²) < 4.78 is 10.1. The summed E-state index contributed by atoms with van der Waals surface area (Å²) in [6, 6.07) is 6.94. The van der Waals surface area contributed by atoms with E-state index < -0.39 is 0 Å². The van der Waals surface area contributed by atoms with Crippen molar-refractivity contribution in [3.05, 3.63) is 41.5 Å². The third kappa shape index (κ3) is 3.54.